The average Bonchev–Trinajstić information content (AvgIpc) is 1.45. The number of aromatic nitrogens is 8. The summed E-state index contributed by atoms with van der Waals surface area (Å²) in [5, 5.41) is 18.4. The van der Waals surface area contributed by atoms with E-state index < -0.39 is 48.5 Å². The molecule has 2 amide bonds. The van der Waals surface area contributed by atoms with Crippen molar-refractivity contribution in [3.05, 3.63) is 107 Å². The standard InChI is InChI=1S/C39H55ClN6O5SSi.C38H54ClN7O5SSi/c1-36(2,3)53(6,7)51-28(33-38(18-19-38)39(33)20-21-39)25-50-31-16-23-46(44-31)30-14-13-27(34(40)43-30)35(47)45-52(48,49)32-12-8-11-29(42-32)41-22-9-10-26-15-17-37(4,5)24-26;1-35(2,3)53(6,7)51-27(32-37(16-17-37)38(32)18-19-38)24-50-30-15-21-46(44-30)29-14-13-26(33(39)43-29)34(47)45-52(48,49)31-12-8-11-28(42-31)40-20-9-10-25-22-36(4,5)41-23-25/h8,11-14,16,23,26,28,33H,9-10,15,17-22,24-25H2,1-7H3,(H,41,42)(H,45,47);8,11-15,21,25,27,32,41H,9-10,16-20,22-24H2,1-7H3,(H,40,42)(H,45,47)/t26-,28?;25-,27?/m10/s1. The molecule has 1 aliphatic heterocycles. The first kappa shape index (κ1) is 78.1. The fourth-order valence-corrected chi connectivity index (χ4v) is 22.3. The van der Waals surface area contributed by atoms with Crippen LogP contribution in [0.1, 0.15) is 193 Å². The number of anilines is 2. The number of ether oxygens (including phenoxy) is 2. The highest BCUT2D eigenvalue weighted by molar-refractivity contribution is 7.90. The summed E-state index contributed by atoms with van der Waals surface area (Å²) >= 11 is 12.9. The van der Waals surface area contributed by atoms with E-state index in [2.05, 4.69) is 151 Å². The molecule has 7 saturated carbocycles. The molecule has 4 atom stereocenters. The summed E-state index contributed by atoms with van der Waals surface area (Å²) in [6, 6.07) is 18.8. The van der Waals surface area contributed by atoms with Gasteiger partial charge in [0, 0.05) is 43.2 Å². The van der Waals surface area contributed by atoms with Gasteiger partial charge in [-0.1, -0.05) is 90.7 Å². The summed E-state index contributed by atoms with van der Waals surface area (Å²) in [4.78, 5) is 43.5. The van der Waals surface area contributed by atoms with Crippen molar-refractivity contribution in [1.82, 2.24) is 54.3 Å². The molecular formula is C77H109Cl2N13O10S2Si2. The van der Waals surface area contributed by atoms with Gasteiger partial charge in [-0.25, -0.2) is 38.7 Å². The van der Waals surface area contributed by atoms with Gasteiger partial charge in [0.1, 0.15) is 35.2 Å². The van der Waals surface area contributed by atoms with Crippen molar-refractivity contribution >= 4 is 83.3 Å². The number of rotatable bonds is 30. The Balaban J connectivity index is 0.000000188. The summed E-state index contributed by atoms with van der Waals surface area (Å²) in [7, 11) is -12.6. The maximum Gasteiger partial charge on any atom is 0.281 e. The van der Waals surface area contributed by atoms with Crippen LogP contribution in [0.2, 0.25) is 46.6 Å². The molecule has 14 rings (SSSR count). The zero-order valence-corrected chi connectivity index (χ0v) is 69.3. The minimum atomic E-state index is -4.29. The van der Waals surface area contributed by atoms with Gasteiger partial charge in [-0.05, 0) is 259 Å². The lowest BCUT2D eigenvalue weighted by molar-refractivity contribution is 0.0850. The molecule has 0 radical (unpaired) electrons. The molecule has 0 aromatic carbocycles. The monoisotopic (exact) mass is 1570 g/mol. The first-order valence-corrected chi connectivity index (χ1v) is 47.6. The third-order valence-electron chi connectivity index (χ3n) is 25.5. The van der Waals surface area contributed by atoms with E-state index in [0.29, 0.717) is 106 Å². The van der Waals surface area contributed by atoms with Crippen LogP contribution in [0.15, 0.2) is 95.2 Å². The van der Waals surface area contributed by atoms with Gasteiger partial charge >= 0.3 is 0 Å². The third-order valence-corrected chi connectivity index (χ3v) is 37.6. The largest absolute Gasteiger partial charge is 0.474 e. The Morgan fingerprint density at radius 2 is 0.972 bits per heavy atom. The van der Waals surface area contributed by atoms with E-state index in [9.17, 15) is 26.4 Å². The smallest absolute Gasteiger partial charge is 0.281 e. The molecule has 7 aliphatic carbocycles. The average molecular weight is 1570 g/mol. The fourth-order valence-electron chi connectivity index (χ4n) is 17.4. The Bertz CT molecular complexity index is 4190. The summed E-state index contributed by atoms with van der Waals surface area (Å²) < 4.78 is 86.5. The van der Waals surface area contributed by atoms with Crippen molar-refractivity contribution in [3.8, 4) is 23.4 Å². The Morgan fingerprint density at radius 3 is 1.32 bits per heavy atom. The van der Waals surface area contributed by atoms with E-state index in [1.165, 1.54) is 104 Å². The second-order valence-electron chi connectivity index (χ2n) is 36.1. The molecule has 2 unspecified atom stereocenters. The number of carbonyl (C=O) groups is 2. The van der Waals surface area contributed by atoms with Crippen LogP contribution in [0, 0.1) is 50.7 Å². The van der Waals surface area contributed by atoms with E-state index in [-0.39, 0.29) is 59.3 Å². The summed E-state index contributed by atoms with van der Waals surface area (Å²) in [5.74, 6) is 3.06. The summed E-state index contributed by atoms with van der Waals surface area (Å²) in [6.45, 7) is 35.1. The molecule has 8 aliphatic rings. The van der Waals surface area contributed by atoms with E-state index >= 15 is 0 Å². The number of hydrogen-bond donors (Lipinski definition) is 5. The van der Waals surface area contributed by atoms with E-state index in [0.717, 1.165) is 44.6 Å². The number of fused-ring (bicyclic) bond motifs is 2. The number of pyridine rings is 4. The van der Waals surface area contributed by atoms with Crippen molar-refractivity contribution in [3.63, 3.8) is 0 Å². The van der Waals surface area contributed by atoms with Gasteiger partial charge in [0.15, 0.2) is 38.3 Å². The molecule has 23 nitrogen and oxygen atoms in total. The summed E-state index contributed by atoms with van der Waals surface area (Å²) in [6.07, 6.45) is 22.9. The van der Waals surface area contributed by atoms with E-state index in [1.807, 2.05) is 0 Å². The van der Waals surface area contributed by atoms with Gasteiger partial charge < -0.3 is 34.3 Å². The number of hydrogen-bond acceptors (Lipinski definition) is 19. The SMILES string of the molecule is CC1(C)CC[C@@H](CCCNc2cccc(S(=O)(=O)NC(=O)c3ccc(-n4ccc(OCC(O[Si](C)(C)C(C)(C)C)C5C6(CC6)C56CC6)n4)nc3Cl)n2)C1.CC1(C)C[C@H](CCCNc2cccc(S(=O)(=O)NC(=O)c3ccc(-n4ccc(OCC(O[Si](C)(C)C(C)(C)C)C5C6(CC6)C56CC6)n4)nc3Cl)n2)CN1. The Morgan fingerprint density at radius 1 is 0.566 bits per heavy atom. The summed E-state index contributed by atoms with van der Waals surface area (Å²) in [5.41, 5.74) is 2.30. The number of nitrogens with zero attached hydrogens (tertiary/aromatic N) is 8. The molecule has 576 valence electrons. The molecule has 5 N–H and O–H groups in total. The van der Waals surface area contributed by atoms with Crippen LogP contribution < -0.4 is 34.9 Å². The highest BCUT2D eigenvalue weighted by Crippen LogP contribution is 2.94. The van der Waals surface area contributed by atoms with Crippen LogP contribution in [0.25, 0.3) is 11.6 Å². The van der Waals surface area contributed by atoms with Crippen LogP contribution in [0.5, 0.6) is 11.8 Å². The topological polar surface area (TPSA) is 287 Å². The maximum atomic E-state index is 13.2. The molecule has 1 saturated heterocycles. The van der Waals surface area contributed by atoms with E-state index in [4.69, 9.17) is 41.5 Å². The van der Waals surface area contributed by atoms with Gasteiger partial charge in [-0.2, -0.15) is 16.8 Å². The van der Waals surface area contributed by atoms with Crippen molar-refractivity contribution < 1.29 is 44.8 Å². The number of amides is 2. The highest BCUT2D eigenvalue weighted by Gasteiger charge is 2.89. The number of nitrogens with one attached hydrogen (secondary N) is 5. The zero-order chi connectivity index (χ0) is 76.1. The maximum absolute atomic E-state index is 13.2. The van der Waals surface area contributed by atoms with Crippen LogP contribution >= 0.6 is 23.2 Å². The van der Waals surface area contributed by atoms with Crippen LogP contribution in [0.3, 0.4) is 0 Å². The molecule has 8 fully saturated rings. The Hall–Kier alpha value is -6.05. The van der Waals surface area contributed by atoms with Crippen molar-refractivity contribution in [2.45, 2.75) is 236 Å². The fraction of sp³-hybridized carbons (Fsp3) is 0.636. The van der Waals surface area contributed by atoms with Gasteiger partial charge in [-0.15, -0.1) is 10.2 Å². The molecule has 6 aromatic heterocycles. The highest BCUT2D eigenvalue weighted by atomic mass is 35.5. The predicted molar refractivity (Wildman–Crippen MR) is 416 cm³/mol. The van der Waals surface area contributed by atoms with Crippen LogP contribution in [0.4, 0.5) is 11.6 Å². The third kappa shape index (κ3) is 16.5. The molecular weight excluding hydrogens is 1460 g/mol. The second-order valence-corrected chi connectivity index (χ2v) is 49.6. The van der Waals surface area contributed by atoms with Crippen LogP contribution in [-0.2, 0) is 28.9 Å². The zero-order valence-electron chi connectivity index (χ0n) is 64.1. The molecule has 6 aromatic rings. The Labute approximate surface area is 638 Å². The Kier molecular flexibility index (Phi) is 21.1. The van der Waals surface area contributed by atoms with Crippen LogP contribution in [-0.4, -0.2) is 135 Å². The number of halogens is 2. The first-order valence-electron chi connectivity index (χ1n) is 38.1. The molecule has 7 heterocycles. The van der Waals surface area contributed by atoms with Crippen molar-refractivity contribution in [2.75, 3.05) is 43.5 Å². The van der Waals surface area contributed by atoms with Crippen molar-refractivity contribution in [2.24, 2.45) is 50.7 Å². The quantitative estimate of drug-likeness (QED) is 0.0159. The minimum Gasteiger partial charge on any atom is -0.474 e. The van der Waals surface area contributed by atoms with Gasteiger partial charge in [0.2, 0.25) is 11.8 Å². The normalized spacial score (nSPS) is 21.8. The lowest BCUT2D eigenvalue weighted by atomic mass is 9.89. The molecule has 4 spiro atoms. The molecule has 0 bridgehead atoms. The predicted octanol–water partition coefficient (Wildman–Crippen LogP) is 15.4. The van der Waals surface area contributed by atoms with E-state index in [1.54, 1.807) is 60.9 Å². The number of sulfonamides is 2. The van der Waals surface area contributed by atoms with Gasteiger partial charge in [0.25, 0.3) is 31.9 Å². The first-order chi connectivity index (χ1) is 49.7. The molecule has 106 heavy (non-hydrogen) atoms. The number of carbonyl (C=O) groups excluding carboxylic acids is 2. The van der Waals surface area contributed by atoms with Crippen molar-refractivity contribution in [1.29, 1.82) is 0 Å². The molecule has 29 heteroatoms. The van der Waals surface area contributed by atoms with Gasteiger partial charge in [-0.3, -0.25) is 9.59 Å². The minimum absolute atomic E-state index is 0.0267. The lowest BCUT2D eigenvalue weighted by Gasteiger charge is -2.39. The lowest BCUT2D eigenvalue weighted by Crippen LogP contribution is -2.46. The van der Waals surface area contributed by atoms with Gasteiger partial charge in [0.05, 0.1) is 23.3 Å². The second kappa shape index (κ2) is 28.7.